The summed E-state index contributed by atoms with van der Waals surface area (Å²) in [6.07, 6.45) is 5.74. The molecule has 35 heavy (non-hydrogen) atoms. The van der Waals surface area contributed by atoms with E-state index in [-0.39, 0.29) is 18.7 Å². The third kappa shape index (κ3) is 5.33. The quantitative estimate of drug-likeness (QED) is 0.314. The Morgan fingerprint density at radius 1 is 0.829 bits per heavy atom. The van der Waals surface area contributed by atoms with Gasteiger partial charge in [-0.2, -0.15) is 5.10 Å². The van der Waals surface area contributed by atoms with Crippen LogP contribution in [0.4, 0.5) is 0 Å². The summed E-state index contributed by atoms with van der Waals surface area (Å²) in [5.74, 6) is 0.515. The van der Waals surface area contributed by atoms with Crippen molar-refractivity contribution in [1.29, 1.82) is 0 Å². The van der Waals surface area contributed by atoms with E-state index in [4.69, 9.17) is 4.74 Å². The van der Waals surface area contributed by atoms with E-state index in [0.29, 0.717) is 5.69 Å². The second kappa shape index (κ2) is 10.1. The van der Waals surface area contributed by atoms with Crippen LogP contribution in [0.15, 0.2) is 116 Å². The molecule has 6 nitrogen and oxygen atoms in total. The fourth-order valence-electron chi connectivity index (χ4n) is 3.87. The van der Waals surface area contributed by atoms with Gasteiger partial charge in [-0.15, -0.1) is 0 Å². The molecule has 0 aliphatic carbocycles. The van der Waals surface area contributed by atoms with Gasteiger partial charge in [0.15, 0.2) is 6.73 Å². The molecule has 2 aromatic heterocycles. The molecule has 0 saturated heterocycles. The summed E-state index contributed by atoms with van der Waals surface area (Å²) in [5, 5.41) is 7.37. The third-order valence-corrected chi connectivity index (χ3v) is 5.84. The van der Waals surface area contributed by atoms with Crippen LogP contribution in [-0.4, -0.2) is 20.3 Å². The molecule has 0 radical (unpaired) electrons. The SMILES string of the molecule is CC(NC(=O)c1ccn(COc2ccc(-c3ccccc3)cc2)n1)c1ccc(-n2cccc2)cc1. The van der Waals surface area contributed by atoms with Gasteiger partial charge in [0.2, 0.25) is 0 Å². The number of carbonyl (C=O) groups is 1. The van der Waals surface area contributed by atoms with Crippen molar-refractivity contribution in [3.63, 3.8) is 0 Å². The van der Waals surface area contributed by atoms with E-state index in [9.17, 15) is 4.79 Å². The minimum atomic E-state index is -0.224. The molecule has 6 heteroatoms. The van der Waals surface area contributed by atoms with Crippen LogP contribution in [0, 0.1) is 0 Å². The monoisotopic (exact) mass is 462 g/mol. The van der Waals surface area contributed by atoms with Gasteiger partial charge in [-0.3, -0.25) is 4.79 Å². The summed E-state index contributed by atoms with van der Waals surface area (Å²) in [6.45, 7) is 2.18. The lowest BCUT2D eigenvalue weighted by molar-refractivity contribution is 0.0932. The highest BCUT2D eigenvalue weighted by molar-refractivity contribution is 5.92. The summed E-state index contributed by atoms with van der Waals surface area (Å²) in [6, 6.07) is 31.8. The predicted octanol–water partition coefficient (Wildman–Crippen LogP) is 5.87. The van der Waals surface area contributed by atoms with Crippen molar-refractivity contribution in [3.05, 3.63) is 127 Å². The number of rotatable bonds is 8. The maximum Gasteiger partial charge on any atom is 0.272 e. The molecule has 1 N–H and O–H groups in total. The van der Waals surface area contributed by atoms with E-state index in [0.717, 1.165) is 28.1 Å². The average molecular weight is 463 g/mol. The van der Waals surface area contributed by atoms with Crippen LogP contribution < -0.4 is 10.1 Å². The number of carbonyl (C=O) groups excluding carboxylic acids is 1. The molecule has 5 rings (SSSR count). The number of benzene rings is 3. The number of nitrogens with one attached hydrogen (secondary N) is 1. The lowest BCUT2D eigenvalue weighted by atomic mass is 10.1. The summed E-state index contributed by atoms with van der Waals surface area (Å²) < 4.78 is 9.48. The molecular weight excluding hydrogens is 436 g/mol. The van der Waals surface area contributed by atoms with E-state index in [1.165, 1.54) is 0 Å². The van der Waals surface area contributed by atoms with Crippen molar-refractivity contribution < 1.29 is 9.53 Å². The number of hydrogen-bond donors (Lipinski definition) is 1. The first kappa shape index (κ1) is 22.2. The topological polar surface area (TPSA) is 61.1 Å². The van der Waals surface area contributed by atoms with Gasteiger partial charge >= 0.3 is 0 Å². The van der Waals surface area contributed by atoms with Gasteiger partial charge < -0.3 is 14.6 Å². The highest BCUT2D eigenvalue weighted by Gasteiger charge is 2.14. The third-order valence-electron chi connectivity index (χ3n) is 5.84. The Hall–Kier alpha value is -4.58. The van der Waals surface area contributed by atoms with E-state index >= 15 is 0 Å². The van der Waals surface area contributed by atoms with Crippen LogP contribution in [0.2, 0.25) is 0 Å². The first-order chi connectivity index (χ1) is 17.2. The van der Waals surface area contributed by atoms with Crippen molar-refractivity contribution >= 4 is 5.91 Å². The second-order valence-corrected chi connectivity index (χ2v) is 8.28. The Bertz CT molecular complexity index is 1370. The van der Waals surface area contributed by atoms with Gasteiger partial charge in [0.25, 0.3) is 5.91 Å². The van der Waals surface area contributed by atoms with Crippen LogP contribution in [0.5, 0.6) is 5.75 Å². The fourth-order valence-corrected chi connectivity index (χ4v) is 3.87. The fraction of sp³-hybridized carbons (Fsp3) is 0.103. The Kier molecular flexibility index (Phi) is 6.44. The highest BCUT2D eigenvalue weighted by atomic mass is 16.5. The highest BCUT2D eigenvalue weighted by Crippen LogP contribution is 2.22. The van der Waals surface area contributed by atoms with Crippen LogP contribution in [0.3, 0.4) is 0 Å². The number of ether oxygens (including phenoxy) is 1. The molecule has 0 saturated carbocycles. The zero-order valence-corrected chi connectivity index (χ0v) is 19.4. The van der Waals surface area contributed by atoms with Crippen molar-refractivity contribution in [3.8, 4) is 22.6 Å². The summed E-state index contributed by atoms with van der Waals surface area (Å²) >= 11 is 0. The van der Waals surface area contributed by atoms with Crippen LogP contribution >= 0.6 is 0 Å². The number of nitrogens with zero attached hydrogens (tertiary/aromatic N) is 3. The normalized spacial score (nSPS) is 11.7. The largest absolute Gasteiger partial charge is 0.471 e. The van der Waals surface area contributed by atoms with Crippen molar-refractivity contribution in [2.45, 2.75) is 19.7 Å². The zero-order valence-electron chi connectivity index (χ0n) is 19.4. The molecule has 0 fully saturated rings. The summed E-state index contributed by atoms with van der Waals surface area (Å²) in [5.41, 5.74) is 4.74. The lowest BCUT2D eigenvalue weighted by Crippen LogP contribution is -2.27. The smallest absolute Gasteiger partial charge is 0.272 e. The molecule has 0 bridgehead atoms. The van der Waals surface area contributed by atoms with Gasteiger partial charge in [-0.25, -0.2) is 4.68 Å². The van der Waals surface area contributed by atoms with Gasteiger partial charge in [-0.1, -0.05) is 54.6 Å². The van der Waals surface area contributed by atoms with Crippen molar-refractivity contribution in [1.82, 2.24) is 19.7 Å². The molecule has 0 spiro atoms. The first-order valence-corrected chi connectivity index (χ1v) is 11.5. The minimum absolute atomic E-state index is 0.147. The minimum Gasteiger partial charge on any atom is -0.471 e. The maximum absolute atomic E-state index is 12.7. The van der Waals surface area contributed by atoms with Crippen molar-refractivity contribution in [2.24, 2.45) is 0 Å². The average Bonchev–Trinajstić information content (AvgIpc) is 3.61. The Morgan fingerprint density at radius 3 is 2.23 bits per heavy atom. The van der Waals surface area contributed by atoms with Gasteiger partial charge in [0.05, 0.1) is 6.04 Å². The van der Waals surface area contributed by atoms with Crippen LogP contribution in [0.1, 0.15) is 29.0 Å². The zero-order chi connectivity index (χ0) is 24.0. The van der Waals surface area contributed by atoms with Crippen molar-refractivity contribution in [2.75, 3.05) is 0 Å². The van der Waals surface area contributed by atoms with E-state index < -0.39 is 0 Å². The molecule has 1 amide bonds. The second-order valence-electron chi connectivity index (χ2n) is 8.28. The molecule has 2 heterocycles. The molecular formula is C29H26N4O2. The lowest BCUT2D eigenvalue weighted by Gasteiger charge is -2.14. The molecule has 0 aliphatic heterocycles. The molecule has 1 atom stereocenters. The van der Waals surface area contributed by atoms with Gasteiger partial charge in [-0.05, 0) is 66.1 Å². The van der Waals surface area contributed by atoms with Gasteiger partial charge in [0, 0.05) is 24.3 Å². The number of amides is 1. The Balaban J connectivity index is 1.15. The summed E-state index contributed by atoms with van der Waals surface area (Å²) in [4.78, 5) is 12.7. The Labute approximate surface area is 204 Å². The summed E-state index contributed by atoms with van der Waals surface area (Å²) in [7, 11) is 0. The van der Waals surface area contributed by atoms with E-state index in [2.05, 4.69) is 22.5 Å². The van der Waals surface area contributed by atoms with Gasteiger partial charge in [0.1, 0.15) is 11.4 Å². The standard InChI is InChI=1S/C29H26N4O2/c1-22(23-9-13-26(14-10-23)32-18-5-6-19-32)30-29(34)28-17-20-33(31-28)21-35-27-15-11-25(12-16-27)24-7-3-2-4-8-24/h2-20,22H,21H2,1H3,(H,30,34). The predicted molar refractivity (Wildman–Crippen MR) is 136 cm³/mol. The molecule has 1 unspecified atom stereocenters. The molecule has 0 aliphatic rings. The first-order valence-electron chi connectivity index (χ1n) is 11.5. The molecule has 174 valence electrons. The molecule has 3 aromatic carbocycles. The Morgan fingerprint density at radius 2 is 1.51 bits per heavy atom. The number of aromatic nitrogens is 3. The number of hydrogen-bond acceptors (Lipinski definition) is 3. The van der Waals surface area contributed by atoms with Crippen LogP contribution in [0.25, 0.3) is 16.8 Å². The van der Waals surface area contributed by atoms with E-state index in [1.807, 2.05) is 103 Å². The van der Waals surface area contributed by atoms with Crippen LogP contribution in [-0.2, 0) is 6.73 Å². The molecule has 5 aromatic rings. The maximum atomic E-state index is 12.7. The van der Waals surface area contributed by atoms with E-state index in [1.54, 1.807) is 16.9 Å².